The molecular formula is C19H28N4O2S. The van der Waals surface area contributed by atoms with Crippen molar-refractivity contribution in [3.05, 3.63) is 40.6 Å². The number of aromatic nitrogens is 2. The van der Waals surface area contributed by atoms with Crippen LogP contribution in [0.4, 0.5) is 4.79 Å². The van der Waals surface area contributed by atoms with Gasteiger partial charge >= 0.3 is 6.03 Å². The molecule has 2 amide bonds. The van der Waals surface area contributed by atoms with Crippen LogP contribution in [0.1, 0.15) is 37.9 Å². The van der Waals surface area contributed by atoms with Gasteiger partial charge in [-0.05, 0) is 41.1 Å². The van der Waals surface area contributed by atoms with Gasteiger partial charge in [-0.2, -0.15) is 11.3 Å². The van der Waals surface area contributed by atoms with Crippen molar-refractivity contribution in [3.63, 3.8) is 0 Å². The van der Waals surface area contributed by atoms with Crippen LogP contribution < -0.4 is 5.32 Å². The van der Waals surface area contributed by atoms with Crippen molar-refractivity contribution in [3.8, 4) is 0 Å². The lowest BCUT2D eigenvalue weighted by Gasteiger charge is -2.25. The molecule has 3 rings (SSSR count). The van der Waals surface area contributed by atoms with Crippen LogP contribution in [0.5, 0.6) is 0 Å². The van der Waals surface area contributed by atoms with E-state index >= 15 is 0 Å². The SMILES string of the molecule is CC(C)Cn1cncc1CNC(=O)N(Cc1ccsc1)C[C@H]1CCCO1. The number of imidazole rings is 1. The van der Waals surface area contributed by atoms with Crippen molar-refractivity contribution in [2.75, 3.05) is 13.2 Å². The van der Waals surface area contributed by atoms with E-state index in [0.29, 0.717) is 25.6 Å². The zero-order valence-electron chi connectivity index (χ0n) is 15.6. The van der Waals surface area contributed by atoms with E-state index in [0.717, 1.165) is 37.3 Å². The van der Waals surface area contributed by atoms with E-state index in [4.69, 9.17) is 4.74 Å². The first kappa shape index (κ1) is 18.9. The Morgan fingerprint density at radius 1 is 1.54 bits per heavy atom. The third-order valence-electron chi connectivity index (χ3n) is 4.47. The molecule has 0 bridgehead atoms. The number of nitrogens with one attached hydrogen (secondary N) is 1. The van der Waals surface area contributed by atoms with Crippen molar-refractivity contribution < 1.29 is 9.53 Å². The summed E-state index contributed by atoms with van der Waals surface area (Å²) < 4.78 is 7.84. The van der Waals surface area contributed by atoms with Crippen LogP contribution in [0.15, 0.2) is 29.4 Å². The Morgan fingerprint density at radius 3 is 3.12 bits per heavy atom. The van der Waals surface area contributed by atoms with E-state index in [9.17, 15) is 4.79 Å². The Balaban J connectivity index is 1.60. The molecule has 2 aromatic rings. The van der Waals surface area contributed by atoms with Gasteiger partial charge < -0.3 is 19.5 Å². The van der Waals surface area contributed by atoms with E-state index in [-0.39, 0.29) is 12.1 Å². The second-order valence-electron chi connectivity index (χ2n) is 7.24. The van der Waals surface area contributed by atoms with E-state index in [1.807, 2.05) is 22.8 Å². The summed E-state index contributed by atoms with van der Waals surface area (Å²) in [6.45, 7) is 7.77. The Labute approximate surface area is 159 Å². The Hall–Kier alpha value is -1.86. The summed E-state index contributed by atoms with van der Waals surface area (Å²) in [6.07, 6.45) is 5.90. The first-order valence-corrected chi connectivity index (χ1v) is 10.2. The molecule has 26 heavy (non-hydrogen) atoms. The summed E-state index contributed by atoms with van der Waals surface area (Å²) in [5, 5.41) is 7.19. The summed E-state index contributed by atoms with van der Waals surface area (Å²) in [5.74, 6) is 0.535. The molecule has 1 aliphatic heterocycles. The molecule has 0 unspecified atom stereocenters. The van der Waals surface area contributed by atoms with Crippen LogP contribution >= 0.6 is 11.3 Å². The summed E-state index contributed by atoms with van der Waals surface area (Å²) in [4.78, 5) is 18.9. The molecule has 0 aliphatic carbocycles. The van der Waals surface area contributed by atoms with Gasteiger partial charge in [0.15, 0.2) is 0 Å². The average molecular weight is 377 g/mol. The maximum absolute atomic E-state index is 12.8. The first-order valence-electron chi connectivity index (χ1n) is 9.26. The Bertz CT molecular complexity index is 678. The fourth-order valence-corrected chi connectivity index (χ4v) is 3.85. The smallest absolute Gasteiger partial charge is 0.318 e. The highest BCUT2D eigenvalue weighted by atomic mass is 32.1. The number of carbonyl (C=O) groups is 1. The van der Waals surface area contributed by atoms with Gasteiger partial charge in [0.2, 0.25) is 0 Å². The molecule has 0 aromatic carbocycles. The molecule has 1 N–H and O–H groups in total. The van der Waals surface area contributed by atoms with Crippen molar-refractivity contribution in [1.29, 1.82) is 0 Å². The molecule has 3 heterocycles. The minimum atomic E-state index is -0.0519. The standard InChI is InChI=1S/C19H28N4O2S/c1-15(2)10-23-14-20-8-17(23)9-21-19(24)22(11-16-5-7-26-13-16)12-18-4-3-6-25-18/h5,7-8,13-15,18H,3-4,6,9-12H2,1-2H3,(H,21,24)/t18-/m1/s1. The van der Waals surface area contributed by atoms with E-state index in [2.05, 4.69) is 40.2 Å². The van der Waals surface area contributed by atoms with Gasteiger partial charge in [-0.15, -0.1) is 0 Å². The minimum absolute atomic E-state index is 0.0519. The monoisotopic (exact) mass is 376 g/mol. The van der Waals surface area contributed by atoms with Crippen LogP contribution in [-0.4, -0.2) is 39.7 Å². The molecule has 1 atom stereocenters. The normalized spacial score (nSPS) is 17.0. The molecular weight excluding hydrogens is 348 g/mol. The number of urea groups is 1. The maximum Gasteiger partial charge on any atom is 0.318 e. The van der Waals surface area contributed by atoms with Crippen LogP contribution in [0.25, 0.3) is 0 Å². The quantitative estimate of drug-likeness (QED) is 0.767. The van der Waals surface area contributed by atoms with Crippen LogP contribution in [0.2, 0.25) is 0 Å². The maximum atomic E-state index is 12.8. The van der Waals surface area contributed by atoms with Gasteiger partial charge in [0, 0.05) is 32.4 Å². The number of amides is 2. The van der Waals surface area contributed by atoms with Crippen LogP contribution in [-0.2, 0) is 24.4 Å². The molecule has 0 radical (unpaired) electrons. The largest absolute Gasteiger partial charge is 0.376 e. The topological polar surface area (TPSA) is 59.4 Å². The Kier molecular flexibility index (Phi) is 6.68. The first-order chi connectivity index (χ1) is 12.6. The predicted molar refractivity (Wildman–Crippen MR) is 103 cm³/mol. The van der Waals surface area contributed by atoms with Crippen LogP contribution in [0.3, 0.4) is 0 Å². The summed E-state index contributed by atoms with van der Waals surface area (Å²) in [7, 11) is 0. The fraction of sp³-hybridized carbons (Fsp3) is 0.579. The van der Waals surface area contributed by atoms with E-state index in [1.54, 1.807) is 11.3 Å². The van der Waals surface area contributed by atoms with Gasteiger partial charge in [-0.25, -0.2) is 9.78 Å². The summed E-state index contributed by atoms with van der Waals surface area (Å²) >= 11 is 1.65. The number of ether oxygens (including phenoxy) is 1. The lowest BCUT2D eigenvalue weighted by Crippen LogP contribution is -2.43. The number of hydrogen-bond donors (Lipinski definition) is 1. The molecule has 0 spiro atoms. The third-order valence-corrected chi connectivity index (χ3v) is 5.20. The van der Waals surface area contributed by atoms with Gasteiger partial charge in [-0.3, -0.25) is 0 Å². The number of hydrogen-bond acceptors (Lipinski definition) is 4. The number of thiophene rings is 1. The minimum Gasteiger partial charge on any atom is -0.376 e. The lowest BCUT2D eigenvalue weighted by atomic mass is 10.2. The highest BCUT2D eigenvalue weighted by Gasteiger charge is 2.23. The summed E-state index contributed by atoms with van der Waals surface area (Å²) in [6, 6.07) is 2.02. The van der Waals surface area contributed by atoms with E-state index < -0.39 is 0 Å². The van der Waals surface area contributed by atoms with Gasteiger partial charge in [0.05, 0.1) is 24.7 Å². The van der Waals surface area contributed by atoms with Crippen molar-refractivity contribution in [2.45, 2.75) is 52.4 Å². The number of carbonyl (C=O) groups excluding carboxylic acids is 1. The average Bonchev–Trinajstić information content (AvgIpc) is 3.35. The molecule has 1 aliphatic rings. The molecule has 7 heteroatoms. The fourth-order valence-electron chi connectivity index (χ4n) is 3.19. The highest BCUT2D eigenvalue weighted by molar-refractivity contribution is 7.07. The van der Waals surface area contributed by atoms with Gasteiger partial charge in [0.25, 0.3) is 0 Å². The molecule has 6 nitrogen and oxygen atoms in total. The molecule has 1 saturated heterocycles. The van der Waals surface area contributed by atoms with Crippen molar-refractivity contribution in [1.82, 2.24) is 19.8 Å². The van der Waals surface area contributed by atoms with E-state index in [1.165, 1.54) is 0 Å². The molecule has 142 valence electrons. The van der Waals surface area contributed by atoms with Gasteiger partial charge in [0.1, 0.15) is 0 Å². The summed E-state index contributed by atoms with van der Waals surface area (Å²) in [5.41, 5.74) is 2.19. The zero-order chi connectivity index (χ0) is 18.4. The Morgan fingerprint density at radius 2 is 2.42 bits per heavy atom. The third kappa shape index (κ3) is 5.32. The lowest BCUT2D eigenvalue weighted by molar-refractivity contribution is 0.0794. The zero-order valence-corrected chi connectivity index (χ0v) is 16.4. The number of rotatable bonds is 8. The second-order valence-corrected chi connectivity index (χ2v) is 8.02. The van der Waals surface area contributed by atoms with Crippen molar-refractivity contribution >= 4 is 17.4 Å². The predicted octanol–water partition coefficient (Wildman–Crippen LogP) is 3.49. The molecule has 2 aromatic heterocycles. The molecule has 1 fully saturated rings. The van der Waals surface area contributed by atoms with Gasteiger partial charge in [-0.1, -0.05) is 13.8 Å². The molecule has 0 saturated carbocycles. The van der Waals surface area contributed by atoms with Crippen molar-refractivity contribution in [2.24, 2.45) is 5.92 Å². The van der Waals surface area contributed by atoms with Crippen LogP contribution in [0, 0.1) is 5.92 Å². The number of nitrogens with zero attached hydrogens (tertiary/aromatic N) is 3. The second kappa shape index (κ2) is 9.19. The highest BCUT2D eigenvalue weighted by Crippen LogP contribution is 2.16.